The van der Waals surface area contributed by atoms with Gasteiger partial charge in [0.2, 0.25) is 0 Å². The van der Waals surface area contributed by atoms with Gasteiger partial charge in [-0.1, -0.05) is 33.6 Å². The smallest absolute Gasteiger partial charge is 0.256 e. The van der Waals surface area contributed by atoms with E-state index in [1.165, 1.54) is 18.2 Å². The molecule has 1 N–H and O–H groups in total. The molecule has 0 bridgehead atoms. The Balaban J connectivity index is 2.30. The first kappa shape index (κ1) is 14.0. The molecule has 0 spiro atoms. The van der Waals surface area contributed by atoms with Gasteiger partial charge in [0.15, 0.2) is 0 Å². The van der Waals surface area contributed by atoms with Crippen molar-refractivity contribution in [1.82, 2.24) is 0 Å². The van der Waals surface area contributed by atoms with E-state index >= 15 is 0 Å². The first-order valence-corrected chi connectivity index (χ1v) is 6.67. The number of nitrogens with one attached hydrogen (secondary N) is 1. The average Bonchev–Trinajstić information content (AvgIpc) is 2.36. The second-order valence-electron chi connectivity index (χ2n) is 4.04. The molecule has 0 aliphatic carbocycles. The van der Waals surface area contributed by atoms with E-state index in [1.807, 2.05) is 19.1 Å². The SMILES string of the molecule is Cc1ccc(Br)cc1C(=O)Nc1cc(Cl)ccc1F. The molecule has 0 heterocycles. The first-order chi connectivity index (χ1) is 8.97. The molecule has 0 fully saturated rings. The van der Waals surface area contributed by atoms with Gasteiger partial charge in [0.25, 0.3) is 5.91 Å². The first-order valence-electron chi connectivity index (χ1n) is 5.50. The number of aryl methyl sites for hydroxylation is 1. The van der Waals surface area contributed by atoms with Crippen molar-refractivity contribution in [2.45, 2.75) is 6.92 Å². The van der Waals surface area contributed by atoms with Gasteiger partial charge < -0.3 is 5.32 Å². The molecule has 0 atom stereocenters. The van der Waals surface area contributed by atoms with Crippen molar-refractivity contribution >= 4 is 39.1 Å². The van der Waals surface area contributed by atoms with Gasteiger partial charge in [0.05, 0.1) is 5.69 Å². The van der Waals surface area contributed by atoms with E-state index in [-0.39, 0.29) is 11.6 Å². The summed E-state index contributed by atoms with van der Waals surface area (Å²) in [5.41, 5.74) is 1.36. The summed E-state index contributed by atoms with van der Waals surface area (Å²) in [6, 6.07) is 9.36. The van der Waals surface area contributed by atoms with Crippen molar-refractivity contribution in [3.05, 3.63) is 62.8 Å². The Hall–Kier alpha value is -1.39. The zero-order valence-corrected chi connectivity index (χ0v) is 12.3. The van der Waals surface area contributed by atoms with E-state index in [9.17, 15) is 9.18 Å². The molecule has 2 rings (SSSR count). The molecular formula is C14H10BrClFNO. The highest BCUT2D eigenvalue weighted by Gasteiger charge is 2.12. The Morgan fingerprint density at radius 3 is 2.74 bits per heavy atom. The Morgan fingerprint density at radius 2 is 2.00 bits per heavy atom. The van der Waals surface area contributed by atoms with Crippen LogP contribution in [0.2, 0.25) is 5.02 Å². The van der Waals surface area contributed by atoms with Crippen molar-refractivity contribution in [3.63, 3.8) is 0 Å². The molecule has 98 valence electrons. The normalized spacial score (nSPS) is 10.3. The van der Waals surface area contributed by atoms with Crippen molar-refractivity contribution in [2.75, 3.05) is 5.32 Å². The Labute approximate surface area is 123 Å². The number of amides is 1. The molecular weight excluding hydrogens is 333 g/mol. The molecule has 2 aromatic carbocycles. The van der Waals surface area contributed by atoms with Gasteiger partial charge in [0.1, 0.15) is 5.82 Å². The molecule has 0 aromatic heterocycles. The molecule has 0 saturated carbocycles. The van der Waals surface area contributed by atoms with Crippen LogP contribution < -0.4 is 5.32 Å². The van der Waals surface area contributed by atoms with Crippen LogP contribution in [0.1, 0.15) is 15.9 Å². The summed E-state index contributed by atoms with van der Waals surface area (Å²) < 4.78 is 14.3. The van der Waals surface area contributed by atoms with Gasteiger partial charge in [-0.25, -0.2) is 4.39 Å². The van der Waals surface area contributed by atoms with E-state index in [1.54, 1.807) is 6.07 Å². The summed E-state index contributed by atoms with van der Waals surface area (Å²) in [6.45, 7) is 1.82. The Kier molecular flexibility index (Phi) is 4.22. The zero-order valence-electron chi connectivity index (χ0n) is 10.0. The predicted molar refractivity (Wildman–Crippen MR) is 78.2 cm³/mol. The monoisotopic (exact) mass is 341 g/mol. The number of benzene rings is 2. The van der Waals surface area contributed by atoms with Crippen LogP contribution in [0.3, 0.4) is 0 Å². The Bertz CT molecular complexity index is 645. The summed E-state index contributed by atoms with van der Waals surface area (Å²) >= 11 is 9.08. The van der Waals surface area contributed by atoms with Crippen LogP contribution in [0.5, 0.6) is 0 Å². The third-order valence-corrected chi connectivity index (χ3v) is 3.35. The fourth-order valence-electron chi connectivity index (χ4n) is 1.62. The summed E-state index contributed by atoms with van der Waals surface area (Å²) in [5.74, 6) is -0.898. The molecule has 0 aliphatic heterocycles. The second kappa shape index (κ2) is 5.72. The number of hydrogen-bond donors (Lipinski definition) is 1. The van der Waals surface area contributed by atoms with Crippen LogP contribution in [0.25, 0.3) is 0 Å². The fraction of sp³-hybridized carbons (Fsp3) is 0.0714. The van der Waals surface area contributed by atoms with Crippen LogP contribution >= 0.6 is 27.5 Å². The minimum Gasteiger partial charge on any atom is -0.319 e. The second-order valence-corrected chi connectivity index (χ2v) is 5.39. The van der Waals surface area contributed by atoms with E-state index < -0.39 is 5.82 Å². The standard InChI is InChI=1S/C14H10BrClFNO/c1-8-2-3-9(15)6-11(8)14(19)18-13-7-10(16)4-5-12(13)17/h2-7H,1H3,(H,18,19). The number of rotatable bonds is 2. The third-order valence-electron chi connectivity index (χ3n) is 2.62. The van der Waals surface area contributed by atoms with Crippen molar-refractivity contribution in [1.29, 1.82) is 0 Å². The maximum atomic E-state index is 13.5. The number of carbonyl (C=O) groups excluding carboxylic acids is 1. The van der Waals surface area contributed by atoms with E-state index in [0.29, 0.717) is 10.6 Å². The molecule has 0 saturated heterocycles. The van der Waals surface area contributed by atoms with Crippen molar-refractivity contribution in [3.8, 4) is 0 Å². The van der Waals surface area contributed by atoms with Crippen LogP contribution in [0.15, 0.2) is 40.9 Å². The minimum atomic E-state index is -0.523. The number of hydrogen-bond acceptors (Lipinski definition) is 1. The fourth-order valence-corrected chi connectivity index (χ4v) is 2.15. The van der Waals surface area contributed by atoms with E-state index in [4.69, 9.17) is 11.6 Å². The maximum absolute atomic E-state index is 13.5. The summed E-state index contributed by atoms with van der Waals surface area (Å²) in [6.07, 6.45) is 0. The molecule has 0 unspecified atom stereocenters. The zero-order chi connectivity index (χ0) is 14.0. The molecule has 0 radical (unpaired) electrons. The van der Waals surface area contributed by atoms with Gasteiger partial charge in [-0.2, -0.15) is 0 Å². The highest BCUT2D eigenvalue weighted by Crippen LogP contribution is 2.22. The van der Waals surface area contributed by atoms with Gasteiger partial charge in [-0.05, 0) is 42.8 Å². The van der Waals surface area contributed by atoms with Crippen LogP contribution in [0, 0.1) is 12.7 Å². The largest absolute Gasteiger partial charge is 0.319 e. The lowest BCUT2D eigenvalue weighted by atomic mass is 10.1. The lowest BCUT2D eigenvalue weighted by molar-refractivity contribution is 0.102. The molecule has 1 amide bonds. The number of carbonyl (C=O) groups is 1. The number of halogens is 3. The quantitative estimate of drug-likeness (QED) is 0.834. The van der Waals surface area contributed by atoms with Crippen LogP contribution in [0.4, 0.5) is 10.1 Å². The molecule has 0 aliphatic rings. The lowest BCUT2D eigenvalue weighted by Crippen LogP contribution is -2.14. The highest BCUT2D eigenvalue weighted by molar-refractivity contribution is 9.10. The van der Waals surface area contributed by atoms with Crippen molar-refractivity contribution < 1.29 is 9.18 Å². The maximum Gasteiger partial charge on any atom is 0.256 e. The highest BCUT2D eigenvalue weighted by atomic mass is 79.9. The van der Waals surface area contributed by atoms with Gasteiger partial charge in [0, 0.05) is 15.1 Å². The summed E-state index contributed by atoms with van der Waals surface area (Å²) in [7, 11) is 0. The summed E-state index contributed by atoms with van der Waals surface area (Å²) in [5, 5.41) is 2.88. The third kappa shape index (κ3) is 3.33. The van der Waals surface area contributed by atoms with Crippen molar-refractivity contribution in [2.24, 2.45) is 0 Å². The van der Waals surface area contributed by atoms with Gasteiger partial charge >= 0.3 is 0 Å². The predicted octanol–water partition coefficient (Wildman–Crippen LogP) is 4.80. The Morgan fingerprint density at radius 1 is 1.26 bits per heavy atom. The van der Waals surface area contributed by atoms with E-state index in [0.717, 1.165) is 10.0 Å². The average molecular weight is 343 g/mol. The van der Waals surface area contributed by atoms with Gasteiger partial charge in [-0.3, -0.25) is 4.79 Å². The van der Waals surface area contributed by atoms with E-state index in [2.05, 4.69) is 21.2 Å². The molecule has 5 heteroatoms. The number of anilines is 1. The van der Waals surface area contributed by atoms with Gasteiger partial charge in [-0.15, -0.1) is 0 Å². The minimum absolute atomic E-state index is 0.0666. The van der Waals surface area contributed by atoms with Crippen LogP contribution in [-0.4, -0.2) is 5.91 Å². The molecule has 2 nitrogen and oxygen atoms in total. The molecule has 19 heavy (non-hydrogen) atoms. The summed E-state index contributed by atoms with van der Waals surface area (Å²) in [4.78, 5) is 12.1. The lowest BCUT2D eigenvalue weighted by Gasteiger charge is -2.09. The topological polar surface area (TPSA) is 29.1 Å². The molecule has 2 aromatic rings. The van der Waals surface area contributed by atoms with Crippen LogP contribution in [-0.2, 0) is 0 Å².